The Kier molecular flexibility index (Phi) is 4.47. The smallest absolute Gasteiger partial charge is 0.229 e. The lowest BCUT2D eigenvalue weighted by Crippen LogP contribution is -2.02. The molecule has 3 aromatic rings. The zero-order chi connectivity index (χ0) is 17.1. The molecule has 2 aromatic carbocycles. The van der Waals surface area contributed by atoms with Gasteiger partial charge in [0.05, 0.1) is 0 Å². The number of benzene rings is 2. The van der Waals surface area contributed by atoms with E-state index < -0.39 is 0 Å². The molecule has 0 aliphatic heterocycles. The number of rotatable bonds is 4. The zero-order valence-corrected chi connectivity index (χ0v) is 14.5. The van der Waals surface area contributed by atoms with Crippen molar-refractivity contribution < 1.29 is 0 Å². The van der Waals surface area contributed by atoms with Crippen LogP contribution in [0.5, 0.6) is 0 Å². The molecule has 2 N–H and O–H groups in total. The largest absolute Gasteiger partial charge is 0.340 e. The van der Waals surface area contributed by atoms with E-state index in [4.69, 9.17) is 0 Å². The third-order valence-electron chi connectivity index (χ3n) is 3.94. The minimum Gasteiger partial charge on any atom is -0.340 e. The number of nitrogens with zero attached hydrogens (tertiary/aromatic N) is 2. The lowest BCUT2D eigenvalue weighted by Gasteiger charge is -2.11. The van der Waals surface area contributed by atoms with Crippen LogP contribution in [0.2, 0.25) is 0 Å². The summed E-state index contributed by atoms with van der Waals surface area (Å²) >= 11 is 0. The average Bonchev–Trinajstić information content (AvgIpc) is 2.53. The molecule has 1 heterocycles. The molecule has 24 heavy (non-hydrogen) atoms. The molecule has 0 radical (unpaired) electrons. The Labute approximate surface area is 143 Å². The first-order valence-electron chi connectivity index (χ1n) is 8.03. The summed E-state index contributed by atoms with van der Waals surface area (Å²) in [5.41, 5.74) is 6.67. The lowest BCUT2D eigenvalue weighted by molar-refractivity contribution is 1.11. The standard InChI is InChI=1S/C20H22N4/c1-13-5-8-17(9-6-13)23-20-21-16(4)12-19(24-20)22-18-10-7-14(2)15(3)11-18/h5-12H,1-4H3,(H2,21,22,23,24). The Morgan fingerprint density at radius 3 is 2.08 bits per heavy atom. The Bertz CT molecular complexity index is 854. The maximum Gasteiger partial charge on any atom is 0.229 e. The van der Waals surface area contributed by atoms with Crippen molar-refractivity contribution >= 4 is 23.1 Å². The van der Waals surface area contributed by atoms with Gasteiger partial charge in [-0.15, -0.1) is 0 Å². The molecule has 0 unspecified atom stereocenters. The van der Waals surface area contributed by atoms with Gasteiger partial charge in [-0.1, -0.05) is 23.8 Å². The van der Waals surface area contributed by atoms with Gasteiger partial charge >= 0.3 is 0 Å². The number of hydrogen-bond acceptors (Lipinski definition) is 4. The molecule has 0 aliphatic rings. The summed E-state index contributed by atoms with van der Waals surface area (Å²) in [4.78, 5) is 9.03. The molecule has 0 atom stereocenters. The van der Waals surface area contributed by atoms with Gasteiger partial charge in [-0.05, 0) is 63.1 Å². The van der Waals surface area contributed by atoms with Crippen molar-refractivity contribution in [3.05, 3.63) is 70.9 Å². The molecule has 0 saturated heterocycles. The van der Waals surface area contributed by atoms with E-state index in [0.29, 0.717) is 5.95 Å². The number of hydrogen-bond donors (Lipinski definition) is 2. The van der Waals surface area contributed by atoms with Crippen LogP contribution in [0.1, 0.15) is 22.4 Å². The van der Waals surface area contributed by atoms with Crippen molar-refractivity contribution in [1.82, 2.24) is 9.97 Å². The van der Waals surface area contributed by atoms with Crippen molar-refractivity contribution in [3.63, 3.8) is 0 Å². The molecule has 1 aromatic heterocycles. The van der Waals surface area contributed by atoms with E-state index in [1.54, 1.807) is 0 Å². The van der Waals surface area contributed by atoms with Crippen molar-refractivity contribution in [2.24, 2.45) is 0 Å². The predicted molar refractivity (Wildman–Crippen MR) is 100 cm³/mol. The molecular formula is C20H22N4. The van der Waals surface area contributed by atoms with Crippen LogP contribution >= 0.6 is 0 Å². The van der Waals surface area contributed by atoms with Crippen LogP contribution < -0.4 is 10.6 Å². The van der Waals surface area contributed by atoms with Crippen molar-refractivity contribution in [1.29, 1.82) is 0 Å². The monoisotopic (exact) mass is 318 g/mol. The number of anilines is 4. The first-order chi connectivity index (χ1) is 11.5. The number of aryl methyl sites for hydroxylation is 4. The van der Waals surface area contributed by atoms with Crippen molar-refractivity contribution in [3.8, 4) is 0 Å². The molecule has 122 valence electrons. The van der Waals surface area contributed by atoms with Gasteiger partial charge in [-0.25, -0.2) is 4.98 Å². The summed E-state index contributed by atoms with van der Waals surface area (Å²) in [5, 5.41) is 6.61. The van der Waals surface area contributed by atoms with E-state index in [1.165, 1.54) is 16.7 Å². The molecule has 0 fully saturated rings. The minimum absolute atomic E-state index is 0.588. The summed E-state index contributed by atoms with van der Waals surface area (Å²) in [6.45, 7) is 8.25. The third kappa shape index (κ3) is 3.90. The van der Waals surface area contributed by atoms with E-state index in [-0.39, 0.29) is 0 Å². The summed E-state index contributed by atoms with van der Waals surface area (Å²) in [7, 11) is 0. The Balaban J connectivity index is 1.82. The molecule has 0 bridgehead atoms. The molecule has 4 nitrogen and oxygen atoms in total. The van der Waals surface area contributed by atoms with Gasteiger partial charge in [0.2, 0.25) is 5.95 Å². The topological polar surface area (TPSA) is 49.8 Å². The second-order valence-electron chi connectivity index (χ2n) is 6.13. The van der Waals surface area contributed by atoms with E-state index in [2.05, 4.69) is 71.7 Å². The van der Waals surface area contributed by atoms with E-state index in [1.807, 2.05) is 25.1 Å². The highest BCUT2D eigenvalue weighted by molar-refractivity contribution is 5.61. The van der Waals surface area contributed by atoms with Crippen LogP contribution in [0.15, 0.2) is 48.5 Å². The fourth-order valence-electron chi connectivity index (χ4n) is 2.42. The van der Waals surface area contributed by atoms with Gasteiger partial charge in [-0.2, -0.15) is 4.98 Å². The molecule has 0 amide bonds. The molecule has 0 aliphatic carbocycles. The SMILES string of the molecule is Cc1ccc(Nc2nc(C)cc(Nc3ccc(C)c(C)c3)n2)cc1. The first-order valence-corrected chi connectivity index (χ1v) is 8.03. The zero-order valence-electron chi connectivity index (χ0n) is 14.5. The molecule has 4 heteroatoms. The Morgan fingerprint density at radius 1 is 0.667 bits per heavy atom. The van der Waals surface area contributed by atoms with Gasteiger partial charge in [0.1, 0.15) is 5.82 Å². The highest BCUT2D eigenvalue weighted by atomic mass is 15.1. The summed E-state index contributed by atoms with van der Waals surface area (Å²) in [6.07, 6.45) is 0. The second-order valence-corrected chi connectivity index (χ2v) is 6.13. The quantitative estimate of drug-likeness (QED) is 0.694. The van der Waals surface area contributed by atoms with Crippen LogP contribution in [0.4, 0.5) is 23.1 Å². The van der Waals surface area contributed by atoms with E-state index >= 15 is 0 Å². The van der Waals surface area contributed by atoms with E-state index in [9.17, 15) is 0 Å². The van der Waals surface area contributed by atoms with E-state index in [0.717, 1.165) is 22.9 Å². The fraction of sp³-hybridized carbons (Fsp3) is 0.200. The summed E-state index contributed by atoms with van der Waals surface area (Å²) < 4.78 is 0. The first kappa shape index (κ1) is 16.0. The number of aromatic nitrogens is 2. The van der Waals surface area contributed by atoms with Crippen molar-refractivity contribution in [2.75, 3.05) is 10.6 Å². The predicted octanol–water partition coefficient (Wildman–Crippen LogP) is 5.20. The van der Waals surface area contributed by atoms with Crippen molar-refractivity contribution in [2.45, 2.75) is 27.7 Å². The summed E-state index contributed by atoms with van der Waals surface area (Å²) in [6, 6.07) is 16.4. The molecular weight excluding hydrogens is 296 g/mol. The van der Waals surface area contributed by atoms with Gasteiger partial charge in [-0.3, -0.25) is 0 Å². The normalized spacial score (nSPS) is 10.5. The molecule has 0 spiro atoms. The van der Waals surface area contributed by atoms with Crippen LogP contribution in [0, 0.1) is 27.7 Å². The van der Waals surface area contributed by atoms with Crippen LogP contribution in [0.25, 0.3) is 0 Å². The second kappa shape index (κ2) is 6.71. The molecule has 3 rings (SSSR count). The molecule has 0 saturated carbocycles. The van der Waals surface area contributed by atoms with Crippen LogP contribution in [-0.2, 0) is 0 Å². The average molecular weight is 318 g/mol. The van der Waals surface area contributed by atoms with Gasteiger partial charge in [0.15, 0.2) is 0 Å². The summed E-state index contributed by atoms with van der Waals surface area (Å²) in [5.74, 6) is 1.37. The Hall–Kier alpha value is -2.88. The van der Waals surface area contributed by atoms with Gasteiger partial charge in [0.25, 0.3) is 0 Å². The Morgan fingerprint density at radius 2 is 1.38 bits per heavy atom. The van der Waals surface area contributed by atoms with Gasteiger partial charge < -0.3 is 10.6 Å². The highest BCUT2D eigenvalue weighted by Gasteiger charge is 2.04. The maximum absolute atomic E-state index is 4.57. The van der Waals surface area contributed by atoms with Gasteiger partial charge in [0, 0.05) is 23.1 Å². The fourth-order valence-corrected chi connectivity index (χ4v) is 2.42. The highest BCUT2D eigenvalue weighted by Crippen LogP contribution is 2.21. The number of nitrogens with one attached hydrogen (secondary N) is 2. The van der Waals surface area contributed by atoms with Crippen LogP contribution in [-0.4, -0.2) is 9.97 Å². The van der Waals surface area contributed by atoms with Crippen LogP contribution in [0.3, 0.4) is 0 Å². The third-order valence-corrected chi connectivity index (χ3v) is 3.94. The maximum atomic E-state index is 4.57. The minimum atomic E-state index is 0.588. The lowest BCUT2D eigenvalue weighted by atomic mass is 10.1.